The molecule has 5 nitrogen and oxygen atoms in total. The zero-order valence-electron chi connectivity index (χ0n) is 16.4. The summed E-state index contributed by atoms with van der Waals surface area (Å²) >= 11 is 0. The van der Waals surface area contributed by atoms with Crippen LogP contribution in [-0.2, 0) is 4.79 Å². The van der Waals surface area contributed by atoms with Crippen LogP contribution in [0.25, 0.3) is 11.1 Å². The molecule has 0 unspecified atom stereocenters. The van der Waals surface area contributed by atoms with Gasteiger partial charge in [-0.15, -0.1) is 0 Å². The van der Waals surface area contributed by atoms with Crippen molar-refractivity contribution in [1.29, 1.82) is 0 Å². The Balaban J connectivity index is 1.44. The monoisotopic (exact) mass is 388 g/mol. The molecular weight excluding hydrogens is 364 g/mol. The number of furan rings is 1. The maximum absolute atomic E-state index is 12.9. The number of hydrogen-bond donors (Lipinski definition) is 1. The molecule has 0 aliphatic carbocycles. The molecule has 0 bridgehead atoms. The number of hydrogen-bond acceptors (Lipinski definition) is 3. The molecule has 1 aliphatic heterocycles. The van der Waals surface area contributed by atoms with E-state index in [4.69, 9.17) is 4.42 Å². The Morgan fingerprint density at radius 2 is 1.86 bits per heavy atom. The average molecular weight is 388 g/mol. The molecule has 1 aliphatic rings. The van der Waals surface area contributed by atoms with E-state index in [0.717, 1.165) is 29.7 Å². The third kappa shape index (κ3) is 4.40. The number of amides is 2. The SMILES string of the molecule is Cc1cccc(-c2cccc(NC(=O)[C@@H]3CCCN(C(=O)c4ccoc4)C3)c2)c1. The Morgan fingerprint density at radius 1 is 1.07 bits per heavy atom. The lowest BCUT2D eigenvalue weighted by molar-refractivity contribution is -0.121. The highest BCUT2D eigenvalue weighted by molar-refractivity contribution is 5.96. The van der Waals surface area contributed by atoms with Crippen LogP contribution in [0.5, 0.6) is 0 Å². The van der Waals surface area contributed by atoms with Crippen LogP contribution < -0.4 is 5.32 Å². The van der Waals surface area contributed by atoms with Crippen LogP contribution >= 0.6 is 0 Å². The molecule has 1 fully saturated rings. The van der Waals surface area contributed by atoms with Crippen molar-refractivity contribution >= 4 is 17.5 Å². The summed E-state index contributed by atoms with van der Waals surface area (Å²) in [6.07, 6.45) is 4.52. The largest absolute Gasteiger partial charge is 0.472 e. The molecule has 1 atom stereocenters. The molecule has 4 rings (SSSR count). The molecule has 1 N–H and O–H groups in total. The first kappa shape index (κ1) is 19.0. The van der Waals surface area contributed by atoms with Crippen molar-refractivity contribution < 1.29 is 14.0 Å². The second-order valence-corrected chi connectivity index (χ2v) is 7.54. The van der Waals surface area contributed by atoms with Crippen LogP contribution in [0, 0.1) is 12.8 Å². The first-order chi connectivity index (χ1) is 14.1. The lowest BCUT2D eigenvalue weighted by atomic mass is 9.96. The minimum absolute atomic E-state index is 0.0453. The Hall–Kier alpha value is -3.34. The van der Waals surface area contributed by atoms with E-state index in [1.807, 2.05) is 30.3 Å². The van der Waals surface area contributed by atoms with Gasteiger partial charge in [-0.2, -0.15) is 0 Å². The highest BCUT2D eigenvalue weighted by Gasteiger charge is 2.29. The van der Waals surface area contributed by atoms with Crippen LogP contribution in [-0.4, -0.2) is 29.8 Å². The Kier molecular flexibility index (Phi) is 5.47. The van der Waals surface area contributed by atoms with Crippen molar-refractivity contribution in [3.8, 4) is 11.1 Å². The minimum atomic E-state index is -0.220. The Labute approximate surface area is 170 Å². The maximum atomic E-state index is 12.9. The molecule has 3 aromatic rings. The first-order valence-corrected chi connectivity index (χ1v) is 9.89. The number of aryl methyl sites for hydroxylation is 1. The van der Waals surface area contributed by atoms with Crippen LogP contribution in [0.4, 0.5) is 5.69 Å². The molecule has 2 amide bonds. The topological polar surface area (TPSA) is 62.6 Å². The van der Waals surface area contributed by atoms with E-state index in [1.165, 1.54) is 18.1 Å². The van der Waals surface area contributed by atoms with Crippen LogP contribution in [0.1, 0.15) is 28.8 Å². The van der Waals surface area contributed by atoms with Gasteiger partial charge in [-0.05, 0) is 49.1 Å². The van der Waals surface area contributed by atoms with Gasteiger partial charge < -0.3 is 14.6 Å². The molecule has 5 heteroatoms. The van der Waals surface area contributed by atoms with Gasteiger partial charge in [0.2, 0.25) is 5.91 Å². The predicted octanol–water partition coefficient (Wildman–Crippen LogP) is 4.75. The normalized spacial score (nSPS) is 16.4. The Bertz CT molecular complexity index is 1010. The van der Waals surface area contributed by atoms with E-state index in [2.05, 4.69) is 30.4 Å². The fourth-order valence-corrected chi connectivity index (χ4v) is 3.79. The summed E-state index contributed by atoms with van der Waals surface area (Å²) < 4.78 is 5.01. The zero-order valence-corrected chi connectivity index (χ0v) is 16.4. The van der Waals surface area contributed by atoms with Crippen molar-refractivity contribution in [2.24, 2.45) is 5.92 Å². The second kappa shape index (κ2) is 8.35. The van der Waals surface area contributed by atoms with Gasteiger partial charge in [-0.25, -0.2) is 0 Å². The van der Waals surface area contributed by atoms with Gasteiger partial charge in [-0.3, -0.25) is 9.59 Å². The average Bonchev–Trinajstić information content (AvgIpc) is 3.28. The zero-order chi connectivity index (χ0) is 20.2. The van der Waals surface area contributed by atoms with Gasteiger partial charge in [0.25, 0.3) is 5.91 Å². The van der Waals surface area contributed by atoms with Crippen molar-refractivity contribution in [3.63, 3.8) is 0 Å². The van der Waals surface area contributed by atoms with Gasteiger partial charge >= 0.3 is 0 Å². The molecule has 148 valence electrons. The molecule has 0 spiro atoms. The number of nitrogens with zero attached hydrogens (tertiary/aromatic N) is 1. The predicted molar refractivity (Wildman–Crippen MR) is 113 cm³/mol. The van der Waals surface area contributed by atoms with Gasteiger partial charge in [-0.1, -0.05) is 42.0 Å². The molecule has 2 heterocycles. The smallest absolute Gasteiger partial charge is 0.257 e. The number of likely N-dealkylation sites (tertiary alicyclic amines) is 1. The summed E-state index contributed by atoms with van der Waals surface area (Å²) in [6, 6.07) is 17.8. The number of carbonyl (C=O) groups is 2. The van der Waals surface area contributed by atoms with Crippen molar-refractivity contribution in [2.75, 3.05) is 18.4 Å². The second-order valence-electron chi connectivity index (χ2n) is 7.54. The van der Waals surface area contributed by atoms with Crippen molar-refractivity contribution in [3.05, 3.63) is 78.3 Å². The number of benzene rings is 2. The number of rotatable bonds is 4. The summed E-state index contributed by atoms with van der Waals surface area (Å²) in [5.41, 5.74) is 4.67. The quantitative estimate of drug-likeness (QED) is 0.702. The molecular formula is C24H24N2O3. The number of anilines is 1. The van der Waals surface area contributed by atoms with Crippen LogP contribution in [0.3, 0.4) is 0 Å². The molecule has 0 radical (unpaired) electrons. The van der Waals surface area contributed by atoms with E-state index < -0.39 is 0 Å². The number of carbonyl (C=O) groups excluding carboxylic acids is 2. The molecule has 1 saturated heterocycles. The molecule has 1 aromatic heterocycles. The van der Waals surface area contributed by atoms with Crippen molar-refractivity contribution in [1.82, 2.24) is 4.90 Å². The maximum Gasteiger partial charge on any atom is 0.257 e. The summed E-state index contributed by atoms with van der Waals surface area (Å²) in [6.45, 7) is 3.15. The molecule has 0 saturated carbocycles. The van der Waals surface area contributed by atoms with E-state index >= 15 is 0 Å². The lowest BCUT2D eigenvalue weighted by Crippen LogP contribution is -2.43. The van der Waals surface area contributed by atoms with Gasteiger partial charge in [0, 0.05) is 18.8 Å². The number of piperidine rings is 1. The van der Waals surface area contributed by atoms with Gasteiger partial charge in [0.1, 0.15) is 6.26 Å². The number of nitrogens with one attached hydrogen (secondary N) is 1. The Morgan fingerprint density at radius 3 is 2.62 bits per heavy atom. The van der Waals surface area contributed by atoms with Crippen LogP contribution in [0.2, 0.25) is 0 Å². The van der Waals surface area contributed by atoms with Crippen molar-refractivity contribution in [2.45, 2.75) is 19.8 Å². The standard InChI is InChI=1S/C24H24N2O3/c1-17-5-2-6-18(13-17)19-7-3-9-22(14-19)25-23(27)20-8-4-11-26(15-20)24(28)21-10-12-29-16-21/h2-3,5-7,9-10,12-14,16,20H,4,8,11,15H2,1H3,(H,25,27)/t20-/m1/s1. The summed E-state index contributed by atoms with van der Waals surface area (Å²) in [5, 5.41) is 3.04. The van der Waals surface area contributed by atoms with E-state index in [9.17, 15) is 9.59 Å². The summed E-state index contributed by atoms with van der Waals surface area (Å²) in [7, 11) is 0. The lowest BCUT2D eigenvalue weighted by Gasteiger charge is -2.31. The third-order valence-corrected chi connectivity index (χ3v) is 5.33. The van der Waals surface area contributed by atoms with E-state index in [0.29, 0.717) is 18.7 Å². The highest BCUT2D eigenvalue weighted by atomic mass is 16.3. The highest BCUT2D eigenvalue weighted by Crippen LogP contribution is 2.25. The molecule has 2 aromatic carbocycles. The molecule has 29 heavy (non-hydrogen) atoms. The van der Waals surface area contributed by atoms with Gasteiger partial charge in [0.15, 0.2) is 0 Å². The van der Waals surface area contributed by atoms with E-state index in [-0.39, 0.29) is 17.7 Å². The first-order valence-electron chi connectivity index (χ1n) is 9.89. The summed E-state index contributed by atoms with van der Waals surface area (Å²) in [4.78, 5) is 27.1. The van der Waals surface area contributed by atoms with Gasteiger partial charge in [0.05, 0.1) is 17.7 Å². The third-order valence-electron chi connectivity index (χ3n) is 5.33. The minimum Gasteiger partial charge on any atom is -0.472 e. The van der Waals surface area contributed by atoms with E-state index in [1.54, 1.807) is 11.0 Å². The summed E-state index contributed by atoms with van der Waals surface area (Å²) in [5.74, 6) is -0.351. The fraction of sp³-hybridized carbons (Fsp3) is 0.250. The fourth-order valence-electron chi connectivity index (χ4n) is 3.79. The van der Waals surface area contributed by atoms with Crippen LogP contribution in [0.15, 0.2) is 71.5 Å².